The van der Waals surface area contributed by atoms with E-state index < -0.39 is 17.9 Å². The highest BCUT2D eigenvalue weighted by molar-refractivity contribution is 7.09. The lowest BCUT2D eigenvalue weighted by Gasteiger charge is -2.12. The van der Waals surface area contributed by atoms with E-state index in [1.165, 1.54) is 23.9 Å². The zero-order valence-electron chi connectivity index (χ0n) is 10.1. The third-order valence-corrected chi connectivity index (χ3v) is 3.21. The Morgan fingerprint density at radius 3 is 2.89 bits per heavy atom. The minimum atomic E-state index is -1.10. The number of thiazole rings is 1. The van der Waals surface area contributed by atoms with Gasteiger partial charge in [-0.25, -0.2) is 14.8 Å². The van der Waals surface area contributed by atoms with Crippen molar-refractivity contribution in [2.75, 3.05) is 0 Å². The van der Waals surface area contributed by atoms with Gasteiger partial charge in [-0.05, 0) is 6.92 Å². The van der Waals surface area contributed by atoms with Crippen LogP contribution >= 0.6 is 11.3 Å². The summed E-state index contributed by atoms with van der Waals surface area (Å²) in [5, 5.41) is 13.9. The summed E-state index contributed by atoms with van der Waals surface area (Å²) >= 11 is 1.34. The van der Waals surface area contributed by atoms with E-state index in [4.69, 9.17) is 5.11 Å². The number of nitrogens with one attached hydrogen (secondary N) is 2. The number of aromatic nitrogens is 3. The van der Waals surface area contributed by atoms with E-state index in [1.54, 1.807) is 12.3 Å². The molecule has 7 nitrogen and oxygen atoms in total. The van der Waals surface area contributed by atoms with Gasteiger partial charge < -0.3 is 15.4 Å². The molecule has 3 N–H and O–H groups in total. The Labute approximate surface area is 112 Å². The Hall–Kier alpha value is -2.22. The van der Waals surface area contributed by atoms with Crippen LogP contribution in [0.4, 0.5) is 0 Å². The van der Waals surface area contributed by atoms with Gasteiger partial charge in [-0.15, -0.1) is 11.3 Å². The van der Waals surface area contributed by atoms with Crippen molar-refractivity contribution in [2.45, 2.75) is 19.4 Å². The number of rotatable bonds is 5. The molecule has 0 aromatic carbocycles. The van der Waals surface area contributed by atoms with Crippen LogP contribution in [0.25, 0.3) is 0 Å². The van der Waals surface area contributed by atoms with Crippen LogP contribution in [0.2, 0.25) is 0 Å². The maximum atomic E-state index is 11.8. The number of carbonyl (C=O) groups excluding carboxylic acids is 1. The van der Waals surface area contributed by atoms with Crippen LogP contribution in [0.1, 0.15) is 21.2 Å². The first-order valence-electron chi connectivity index (χ1n) is 5.49. The second-order valence-corrected chi connectivity index (χ2v) is 4.96. The Balaban J connectivity index is 2.04. The van der Waals surface area contributed by atoms with E-state index in [9.17, 15) is 9.59 Å². The van der Waals surface area contributed by atoms with Crippen molar-refractivity contribution in [3.05, 3.63) is 34.3 Å². The number of H-pyrrole nitrogens is 1. The number of aryl methyl sites for hydroxylation is 1. The van der Waals surface area contributed by atoms with E-state index >= 15 is 0 Å². The summed E-state index contributed by atoms with van der Waals surface area (Å²) in [6, 6.07) is -1.02. The lowest BCUT2D eigenvalue weighted by Crippen LogP contribution is -2.42. The number of carboxylic acid groups (broad SMARTS) is 1. The van der Waals surface area contributed by atoms with Gasteiger partial charge >= 0.3 is 5.97 Å². The number of hydrogen-bond donors (Lipinski definition) is 3. The largest absolute Gasteiger partial charge is 0.480 e. The molecular formula is C11H12N4O3S. The Bertz CT molecular complexity index is 579. The highest BCUT2D eigenvalue weighted by atomic mass is 32.1. The molecule has 2 aromatic heterocycles. The molecule has 0 aliphatic heterocycles. The monoisotopic (exact) mass is 280 g/mol. The maximum absolute atomic E-state index is 11.8. The summed E-state index contributed by atoms with van der Waals surface area (Å²) in [4.78, 5) is 33.6. The smallest absolute Gasteiger partial charge is 0.326 e. The number of carboxylic acids is 1. The molecule has 0 radical (unpaired) electrons. The second kappa shape index (κ2) is 5.61. The Morgan fingerprint density at radius 1 is 1.58 bits per heavy atom. The summed E-state index contributed by atoms with van der Waals surface area (Å²) in [6.45, 7) is 1.78. The van der Waals surface area contributed by atoms with Gasteiger partial charge in [0.1, 0.15) is 11.7 Å². The zero-order chi connectivity index (χ0) is 13.8. The van der Waals surface area contributed by atoms with Crippen molar-refractivity contribution in [1.29, 1.82) is 0 Å². The van der Waals surface area contributed by atoms with Gasteiger partial charge in [0.25, 0.3) is 5.91 Å². The highest BCUT2D eigenvalue weighted by Gasteiger charge is 2.22. The molecule has 2 heterocycles. The first-order valence-corrected chi connectivity index (χ1v) is 6.37. The number of carbonyl (C=O) groups is 2. The molecule has 0 unspecified atom stereocenters. The molecule has 2 aromatic rings. The molecule has 0 saturated carbocycles. The number of amides is 1. The molecule has 19 heavy (non-hydrogen) atoms. The fourth-order valence-electron chi connectivity index (χ4n) is 1.52. The molecule has 1 atom stereocenters. The number of hydrogen-bond acceptors (Lipinski definition) is 5. The molecule has 8 heteroatoms. The topological polar surface area (TPSA) is 108 Å². The van der Waals surface area contributed by atoms with Crippen molar-refractivity contribution in [2.24, 2.45) is 0 Å². The second-order valence-electron chi connectivity index (χ2n) is 3.90. The summed E-state index contributed by atoms with van der Waals surface area (Å²) in [7, 11) is 0. The van der Waals surface area contributed by atoms with E-state index in [0.29, 0.717) is 5.69 Å². The quantitative estimate of drug-likeness (QED) is 0.743. The molecule has 0 aliphatic rings. The van der Waals surface area contributed by atoms with Gasteiger partial charge in [0.2, 0.25) is 0 Å². The first kappa shape index (κ1) is 13.2. The molecule has 0 bridgehead atoms. The molecule has 2 rings (SSSR count). The van der Waals surface area contributed by atoms with Gasteiger partial charge in [0.15, 0.2) is 0 Å². The van der Waals surface area contributed by atoms with E-state index in [-0.39, 0.29) is 12.1 Å². The Kier molecular flexibility index (Phi) is 3.91. The van der Waals surface area contributed by atoms with Crippen molar-refractivity contribution < 1.29 is 14.7 Å². The van der Waals surface area contributed by atoms with Crippen molar-refractivity contribution in [3.8, 4) is 0 Å². The number of aromatic amines is 1. The predicted molar refractivity (Wildman–Crippen MR) is 68.0 cm³/mol. The van der Waals surface area contributed by atoms with Gasteiger partial charge in [-0.1, -0.05) is 0 Å². The molecule has 1 amide bonds. The maximum Gasteiger partial charge on any atom is 0.326 e. The lowest BCUT2D eigenvalue weighted by atomic mass is 10.1. The number of imidazole rings is 1. The average molecular weight is 280 g/mol. The minimum Gasteiger partial charge on any atom is -0.480 e. The van der Waals surface area contributed by atoms with E-state index in [0.717, 1.165) is 5.01 Å². The fourth-order valence-corrected chi connectivity index (χ4v) is 2.11. The van der Waals surface area contributed by atoms with Crippen LogP contribution < -0.4 is 5.32 Å². The average Bonchev–Trinajstić information content (AvgIpc) is 2.99. The third-order valence-electron chi connectivity index (χ3n) is 2.43. The Morgan fingerprint density at radius 2 is 2.37 bits per heavy atom. The van der Waals surface area contributed by atoms with E-state index in [2.05, 4.69) is 20.3 Å². The van der Waals surface area contributed by atoms with Crippen LogP contribution in [0.3, 0.4) is 0 Å². The van der Waals surface area contributed by atoms with Crippen molar-refractivity contribution in [1.82, 2.24) is 20.3 Å². The molecule has 0 fully saturated rings. The van der Waals surface area contributed by atoms with Crippen LogP contribution in [0, 0.1) is 6.92 Å². The fraction of sp³-hybridized carbons (Fsp3) is 0.273. The molecule has 0 saturated heterocycles. The molecule has 0 spiro atoms. The number of nitrogens with zero attached hydrogens (tertiary/aromatic N) is 2. The van der Waals surface area contributed by atoms with Gasteiger partial charge in [-0.3, -0.25) is 4.79 Å². The number of aliphatic carboxylic acids is 1. The van der Waals surface area contributed by atoms with Crippen LogP contribution in [-0.2, 0) is 11.2 Å². The minimum absolute atomic E-state index is 0.143. The summed E-state index contributed by atoms with van der Waals surface area (Å²) in [6.07, 6.45) is 3.12. The van der Waals surface area contributed by atoms with Gasteiger partial charge in [0, 0.05) is 23.7 Å². The molecule has 100 valence electrons. The third kappa shape index (κ3) is 3.38. The van der Waals surface area contributed by atoms with Crippen LogP contribution in [-0.4, -0.2) is 38.0 Å². The van der Waals surface area contributed by atoms with E-state index in [1.807, 2.05) is 0 Å². The molecular weight excluding hydrogens is 268 g/mol. The summed E-state index contributed by atoms with van der Waals surface area (Å²) < 4.78 is 0. The van der Waals surface area contributed by atoms with Crippen LogP contribution in [0.15, 0.2) is 17.9 Å². The van der Waals surface area contributed by atoms with Gasteiger partial charge in [0.05, 0.1) is 11.3 Å². The normalized spacial score (nSPS) is 12.1. The summed E-state index contributed by atoms with van der Waals surface area (Å²) in [5.41, 5.74) is 0.875. The van der Waals surface area contributed by atoms with Crippen molar-refractivity contribution >= 4 is 23.2 Å². The zero-order valence-corrected chi connectivity index (χ0v) is 10.9. The summed E-state index contributed by atoms with van der Waals surface area (Å²) in [5.74, 6) is -1.59. The predicted octanol–water partition coefficient (Wildman–Crippen LogP) is 0.600. The highest BCUT2D eigenvalue weighted by Crippen LogP contribution is 2.08. The first-order chi connectivity index (χ1) is 9.06. The standard InChI is InChI=1S/C11H12N4O3S/c1-6-14-9(4-19-6)10(16)15-8(11(17)18)2-7-3-12-5-13-7/h3-5,8H,2H2,1H3,(H,12,13)(H,15,16)(H,17,18)/t8-/m0/s1. The lowest BCUT2D eigenvalue weighted by molar-refractivity contribution is -0.139. The van der Waals surface area contributed by atoms with Crippen molar-refractivity contribution in [3.63, 3.8) is 0 Å². The SMILES string of the molecule is Cc1nc(C(=O)N[C@@H](Cc2cnc[nH]2)C(=O)O)cs1. The molecule has 0 aliphatic carbocycles. The van der Waals surface area contributed by atoms with Crippen LogP contribution in [0.5, 0.6) is 0 Å². The van der Waals surface area contributed by atoms with Gasteiger partial charge in [-0.2, -0.15) is 0 Å².